The molecule has 0 bridgehead atoms. The summed E-state index contributed by atoms with van der Waals surface area (Å²) in [5.74, 6) is -0.369. The molecule has 1 aromatic heterocycles. The molecule has 15 heavy (non-hydrogen) atoms. The zero-order chi connectivity index (χ0) is 10.8. The lowest BCUT2D eigenvalue weighted by molar-refractivity contribution is -0.107. The van der Waals surface area contributed by atoms with E-state index in [-0.39, 0.29) is 19.2 Å². The van der Waals surface area contributed by atoms with E-state index in [1.54, 1.807) is 0 Å². The molecular weight excluding hydrogens is 197 g/mol. The van der Waals surface area contributed by atoms with Crippen LogP contribution in [0.1, 0.15) is 6.99 Å². The number of rotatable bonds is 2. The average molecular weight is 207 g/mol. The van der Waals surface area contributed by atoms with E-state index in [1.165, 1.54) is 24.3 Å². The first-order valence-electron chi connectivity index (χ1n) is 4.46. The number of pyridine rings is 1. The Morgan fingerprint density at radius 3 is 2.93 bits per heavy atom. The Balaban J connectivity index is 0.00000128. The molecule has 0 radical (unpaired) electrons. The molecule has 0 fully saturated rings. The molecule has 2 rings (SSSR count). The Morgan fingerprint density at radius 2 is 2.20 bits per heavy atom. The van der Waals surface area contributed by atoms with Crippen LogP contribution in [0.4, 0.5) is 4.39 Å². The van der Waals surface area contributed by atoms with Crippen LogP contribution in [0.25, 0.3) is 10.9 Å². The topological polar surface area (TPSA) is 49.9 Å². The Kier molecular flexibility index (Phi) is 2.33. The number of benzene rings is 1. The normalized spacial score (nSPS) is 10.5. The second-order valence-electron chi connectivity index (χ2n) is 3.23. The van der Waals surface area contributed by atoms with Crippen molar-refractivity contribution in [2.75, 3.05) is 0 Å². The summed E-state index contributed by atoms with van der Waals surface area (Å²) < 4.78 is 12.9. The van der Waals surface area contributed by atoms with Crippen LogP contribution >= 0.6 is 0 Å². The van der Waals surface area contributed by atoms with Crippen molar-refractivity contribution in [2.24, 2.45) is 0 Å². The van der Waals surface area contributed by atoms with Crippen molar-refractivity contribution < 1.29 is 10.6 Å². The molecule has 0 aliphatic carbocycles. The van der Waals surface area contributed by atoms with Crippen molar-refractivity contribution >= 4 is 17.2 Å². The maximum absolute atomic E-state index is 12.9. The maximum atomic E-state index is 12.9. The largest absolute Gasteiger partial charge is 0.322 e. The zero-order valence-corrected chi connectivity index (χ0v) is 7.79. The molecular formula is C11H10FNO2. The maximum Gasteiger partial charge on any atom is 0.252 e. The van der Waals surface area contributed by atoms with E-state index in [2.05, 4.69) is 4.98 Å². The lowest BCUT2D eigenvalue weighted by Gasteiger charge is -2.00. The van der Waals surface area contributed by atoms with Gasteiger partial charge in [0, 0.05) is 24.3 Å². The summed E-state index contributed by atoms with van der Waals surface area (Å²) in [5.41, 5.74) is 0.611. The van der Waals surface area contributed by atoms with Gasteiger partial charge in [-0.3, -0.25) is 4.79 Å². The van der Waals surface area contributed by atoms with Crippen molar-refractivity contribution in [3.8, 4) is 0 Å². The standard InChI is InChI=1S/C11H8FNO2.H2/c12-9-1-2-10-8(6-9)5-7(3-4-14)11(15)13-10;/h1-2,4-6H,3H2,(H,13,15);1H. The smallest absolute Gasteiger partial charge is 0.252 e. The number of H-pyrrole nitrogens is 1. The number of hydrogen-bond donors (Lipinski definition) is 1. The van der Waals surface area contributed by atoms with E-state index in [4.69, 9.17) is 0 Å². The highest BCUT2D eigenvalue weighted by molar-refractivity contribution is 5.79. The predicted octanol–water partition coefficient (Wildman–Crippen LogP) is 1.65. The number of nitrogens with one attached hydrogen (secondary N) is 1. The van der Waals surface area contributed by atoms with Gasteiger partial charge < -0.3 is 9.78 Å². The fraction of sp³-hybridized carbons (Fsp3) is 0.0909. The van der Waals surface area contributed by atoms with Crippen LogP contribution in [0.3, 0.4) is 0 Å². The summed E-state index contributed by atoms with van der Waals surface area (Å²) in [4.78, 5) is 24.3. The SMILES string of the molecule is O=CCc1cc2cc(F)ccc2[nH]c1=O.[HH]. The van der Waals surface area contributed by atoms with Crippen LogP contribution in [0.2, 0.25) is 0 Å². The van der Waals surface area contributed by atoms with Gasteiger partial charge in [-0.05, 0) is 24.3 Å². The van der Waals surface area contributed by atoms with Gasteiger partial charge in [-0.1, -0.05) is 0 Å². The van der Waals surface area contributed by atoms with Crippen molar-refractivity contribution in [2.45, 2.75) is 6.42 Å². The van der Waals surface area contributed by atoms with Gasteiger partial charge in [0.25, 0.3) is 5.56 Å². The Hall–Kier alpha value is -1.97. The highest BCUT2D eigenvalue weighted by Gasteiger charge is 2.02. The van der Waals surface area contributed by atoms with Gasteiger partial charge in [0.05, 0.1) is 0 Å². The highest BCUT2D eigenvalue weighted by Crippen LogP contribution is 2.12. The fourth-order valence-corrected chi connectivity index (χ4v) is 1.46. The summed E-state index contributed by atoms with van der Waals surface area (Å²) in [6.45, 7) is 0. The molecule has 0 spiro atoms. The summed E-state index contributed by atoms with van der Waals surface area (Å²) in [6.07, 6.45) is 0.692. The predicted molar refractivity (Wildman–Crippen MR) is 56.4 cm³/mol. The third kappa shape index (κ3) is 1.79. The van der Waals surface area contributed by atoms with Crippen molar-refractivity contribution in [3.05, 3.63) is 46.0 Å². The number of aldehydes is 1. The van der Waals surface area contributed by atoms with Crippen LogP contribution in [-0.4, -0.2) is 11.3 Å². The van der Waals surface area contributed by atoms with E-state index in [0.29, 0.717) is 22.8 Å². The molecule has 1 heterocycles. The van der Waals surface area contributed by atoms with E-state index in [9.17, 15) is 14.0 Å². The number of halogens is 1. The molecule has 0 aliphatic rings. The molecule has 0 aliphatic heterocycles. The van der Waals surface area contributed by atoms with Crippen LogP contribution in [0, 0.1) is 5.82 Å². The van der Waals surface area contributed by atoms with Crippen molar-refractivity contribution in [1.82, 2.24) is 4.98 Å². The van der Waals surface area contributed by atoms with E-state index in [1.807, 2.05) is 0 Å². The number of aromatic amines is 1. The molecule has 0 unspecified atom stereocenters. The first-order valence-corrected chi connectivity index (χ1v) is 4.46. The van der Waals surface area contributed by atoms with Crippen LogP contribution in [0.5, 0.6) is 0 Å². The zero-order valence-electron chi connectivity index (χ0n) is 7.79. The number of aromatic nitrogens is 1. The van der Waals surface area contributed by atoms with Crippen molar-refractivity contribution in [1.29, 1.82) is 0 Å². The van der Waals surface area contributed by atoms with Crippen molar-refractivity contribution in [3.63, 3.8) is 0 Å². The molecule has 3 nitrogen and oxygen atoms in total. The third-order valence-electron chi connectivity index (χ3n) is 2.19. The molecule has 1 aromatic carbocycles. The molecule has 78 valence electrons. The number of fused-ring (bicyclic) bond motifs is 1. The third-order valence-corrected chi connectivity index (χ3v) is 2.19. The minimum atomic E-state index is -0.369. The van der Waals surface area contributed by atoms with Gasteiger partial charge in [-0.2, -0.15) is 0 Å². The molecule has 1 N–H and O–H groups in total. The first kappa shape index (κ1) is 9.58. The van der Waals surface area contributed by atoms with Crippen LogP contribution < -0.4 is 5.56 Å². The number of carbonyl (C=O) groups is 1. The summed E-state index contributed by atoms with van der Waals surface area (Å²) in [5, 5.41) is 0.589. The van der Waals surface area contributed by atoms with E-state index >= 15 is 0 Å². The molecule has 4 heteroatoms. The van der Waals surface area contributed by atoms with Gasteiger partial charge in [0.15, 0.2) is 0 Å². The Labute approximate surface area is 86.0 Å². The lowest BCUT2D eigenvalue weighted by atomic mass is 10.1. The quantitative estimate of drug-likeness (QED) is 0.761. The Morgan fingerprint density at radius 1 is 1.40 bits per heavy atom. The second-order valence-corrected chi connectivity index (χ2v) is 3.23. The summed E-state index contributed by atoms with van der Waals surface area (Å²) in [6, 6.07) is 5.62. The molecule has 0 amide bonds. The van der Waals surface area contributed by atoms with Gasteiger partial charge in [-0.25, -0.2) is 4.39 Å². The second kappa shape index (κ2) is 3.65. The number of hydrogen-bond acceptors (Lipinski definition) is 2. The monoisotopic (exact) mass is 207 g/mol. The van der Waals surface area contributed by atoms with Gasteiger partial charge in [-0.15, -0.1) is 0 Å². The van der Waals surface area contributed by atoms with Crippen LogP contribution in [0.15, 0.2) is 29.1 Å². The highest BCUT2D eigenvalue weighted by atomic mass is 19.1. The first-order chi connectivity index (χ1) is 7.20. The molecule has 0 atom stereocenters. The lowest BCUT2D eigenvalue weighted by Crippen LogP contribution is -2.12. The minimum Gasteiger partial charge on any atom is -0.322 e. The molecule has 2 aromatic rings. The van der Waals surface area contributed by atoms with Gasteiger partial charge >= 0.3 is 0 Å². The number of carbonyl (C=O) groups excluding carboxylic acids is 1. The van der Waals surface area contributed by atoms with Crippen LogP contribution in [-0.2, 0) is 11.2 Å². The van der Waals surface area contributed by atoms with E-state index in [0.717, 1.165) is 0 Å². The molecule has 0 saturated carbocycles. The van der Waals surface area contributed by atoms with Gasteiger partial charge in [0.2, 0.25) is 0 Å². The minimum absolute atomic E-state index is 0. The van der Waals surface area contributed by atoms with E-state index < -0.39 is 0 Å². The summed E-state index contributed by atoms with van der Waals surface area (Å²) >= 11 is 0. The molecule has 0 saturated heterocycles. The fourth-order valence-electron chi connectivity index (χ4n) is 1.46. The summed E-state index contributed by atoms with van der Waals surface area (Å²) in [7, 11) is 0. The Bertz CT molecular complexity index is 580. The average Bonchev–Trinajstić information content (AvgIpc) is 2.20. The van der Waals surface area contributed by atoms with Gasteiger partial charge in [0.1, 0.15) is 12.1 Å².